The van der Waals surface area contributed by atoms with Crippen LogP contribution in [-0.4, -0.2) is 31.2 Å². The van der Waals surface area contributed by atoms with E-state index in [-0.39, 0.29) is 0 Å². The molecule has 1 heterocycles. The molecule has 0 aromatic heterocycles. The number of halogens is 1. The fourth-order valence-corrected chi connectivity index (χ4v) is 2.38. The number of hydrogen-bond donors (Lipinski definition) is 1. The van der Waals surface area contributed by atoms with Gasteiger partial charge in [-0.05, 0) is 30.7 Å². The molecular weight excluding hydrogens is 236 g/mol. The van der Waals surface area contributed by atoms with Crippen LogP contribution >= 0.6 is 11.6 Å². The average Bonchev–Trinajstić information content (AvgIpc) is 2.85. The molecule has 0 spiro atoms. The van der Waals surface area contributed by atoms with Gasteiger partial charge in [-0.3, -0.25) is 4.90 Å². The minimum Gasteiger partial charge on any atom is -0.380 e. The first-order valence-corrected chi connectivity index (χ1v) is 6.34. The Labute approximate surface area is 107 Å². The fraction of sp³-hybridized carbons (Fsp3) is 0.538. The summed E-state index contributed by atoms with van der Waals surface area (Å²) < 4.78 is 5.39. The third-order valence-electron chi connectivity index (χ3n) is 3.30. The lowest BCUT2D eigenvalue weighted by Gasteiger charge is -2.23. The minimum absolute atomic E-state index is 0.514. The predicted octanol–water partition coefficient (Wildman–Crippen LogP) is 2.02. The Hall–Kier alpha value is -0.610. The fourth-order valence-electron chi connectivity index (χ4n) is 2.11. The Bertz CT molecular complexity index is 378. The van der Waals surface area contributed by atoms with Gasteiger partial charge in [-0.25, -0.2) is 0 Å². The van der Waals surface area contributed by atoms with Crippen molar-refractivity contribution in [1.82, 2.24) is 4.90 Å². The topological polar surface area (TPSA) is 38.5 Å². The first-order valence-electron chi connectivity index (χ1n) is 5.96. The molecule has 1 aromatic carbocycles. The Morgan fingerprint density at radius 2 is 2.35 bits per heavy atom. The molecule has 0 radical (unpaired) electrons. The van der Waals surface area contributed by atoms with Crippen molar-refractivity contribution in [3.05, 3.63) is 34.3 Å². The summed E-state index contributed by atoms with van der Waals surface area (Å²) in [4.78, 5) is 2.30. The van der Waals surface area contributed by atoms with Gasteiger partial charge in [0.1, 0.15) is 0 Å². The van der Waals surface area contributed by atoms with Gasteiger partial charge in [0.2, 0.25) is 0 Å². The van der Waals surface area contributed by atoms with Crippen molar-refractivity contribution in [2.75, 3.05) is 20.3 Å². The molecule has 0 aliphatic carbocycles. The molecule has 0 amide bonds. The van der Waals surface area contributed by atoms with E-state index in [1.54, 1.807) is 0 Å². The van der Waals surface area contributed by atoms with E-state index in [1.807, 2.05) is 12.1 Å². The van der Waals surface area contributed by atoms with Gasteiger partial charge in [0.15, 0.2) is 0 Å². The maximum Gasteiger partial charge on any atom is 0.0622 e. The highest BCUT2D eigenvalue weighted by molar-refractivity contribution is 6.31. The van der Waals surface area contributed by atoms with E-state index in [0.717, 1.165) is 42.3 Å². The van der Waals surface area contributed by atoms with Crippen LogP contribution in [0, 0.1) is 0 Å². The van der Waals surface area contributed by atoms with Crippen molar-refractivity contribution >= 4 is 11.6 Å². The highest BCUT2D eigenvalue weighted by Gasteiger charge is 2.20. The number of likely N-dealkylation sites (N-methyl/N-ethyl adjacent to an activating group) is 1. The minimum atomic E-state index is 0.514. The standard InChI is InChI=1S/C13H19ClN2O/c1-16(12-4-5-17-9-12)8-11-3-2-10(7-15)6-13(11)14/h2-3,6,12H,4-5,7-9,15H2,1H3. The van der Waals surface area contributed by atoms with E-state index >= 15 is 0 Å². The van der Waals surface area contributed by atoms with E-state index in [2.05, 4.69) is 18.0 Å². The molecule has 2 N–H and O–H groups in total. The summed E-state index contributed by atoms with van der Waals surface area (Å²) in [6, 6.07) is 6.58. The molecule has 0 bridgehead atoms. The van der Waals surface area contributed by atoms with Gasteiger partial charge in [0, 0.05) is 30.8 Å². The van der Waals surface area contributed by atoms with E-state index in [0.29, 0.717) is 12.6 Å². The molecular formula is C13H19ClN2O. The third-order valence-corrected chi connectivity index (χ3v) is 3.65. The quantitative estimate of drug-likeness (QED) is 0.894. The molecule has 94 valence electrons. The monoisotopic (exact) mass is 254 g/mol. The molecule has 2 rings (SSSR count). The number of ether oxygens (including phenoxy) is 1. The van der Waals surface area contributed by atoms with Crippen LogP contribution in [0.2, 0.25) is 5.02 Å². The maximum atomic E-state index is 6.25. The lowest BCUT2D eigenvalue weighted by molar-refractivity contribution is 0.156. The summed E-state index contributed by atoms with van der Waals surface area (Å²) in [7, 11) is 2.12. The van der Waals surface area contributed by atoms with Crippen LogP contribution in [0.5, 0.6) is 0 Å². The van der Waals surface area contributed by atoms with Gasteiger partial charge in [0.05, 0.1) is 6.61 Å². The van der Waals surface area contributed by atoms with Gasteiger partial charge in [-0.1, -0.05) is 23.7 Å². The Morgan fingerprint density at radius 1 is 1.53 bits per heavy atom. The van der Waals surface area contributed by atoms with E-state index in [1.165, 1.54) is 0 Å². The normalized spacial score (nSPS) is 20.1. The molecule has 1 atom stereocenters. The Kier molecular flexibility index (Phi) is 4.40. The van der Waals surface area contributed by atoms with Gasteiger partial charge in [-0.15, -0.1) is 0 Å². The van der Waals surface area contributed by atoms with Crippen molar-refractivity contribution in [2.24, 2.45) is 5.73 Å². The van der Waals surface area contributed by atoms with Crippen LogP contribution in [0.4, 0.5) is 0 Å². The molecule has 1 fully saturated rings. The van der Waals surface area contributed by atoms with Crippen molar-refractivity contribution in [3.63, 3.8) is 0 Å². The highest BCUT2D eigenvalue weighted by atomic mass is 35.5. The molecule has 4 heteroatoms. The molecule has 1 aliphatic heterocycles. The zero-order chi connectivity index (χ0) is 12.3. The molecule has 1 aliphatic rings. The summed E-state index contributed by atoms with van der Waals surface area (Å²) >= 11 is 6.25. The predicted molar refractivity (Wildman–Crippen MR) is 70.0 cm³/mol. The summed E-state index contributed by atoms with van der Waals surface area (Å²) in [6.45, 7) is 3.09. The van der Waals surface area contributed by atoms with Crippen molar-refractivity contribution in [2.45, 2.75) is 25.6 Å². The smallest absolute Gasteiger partial charge is 0.0622 e. The lowest BCUT2D eigenvalue weighted by atomic mass is 10.1. The zero-order valence-corrected chi connectivity index (χ0v) is 10.9. The number of nitrogens with two attached hydrogens (primary N) is 1. The lowest BCUT2D eigenvalue weighted by Crippen LogP contribution is -2.31. The first kappa shape index (κ1) is 12.8. The average molecular weight is 255 g/mol. The highest BCUT2D eigenvalue weighted by Crippen LogP contribution is 2.21. The van der Waals surface area contributed by atoms with Crippen LogP contribution in [0.1, 0.15) is 17.5 Å². The largest absolute Gasteiger partial charge is 0.380 e. The number of benzene rings is 1. The molecule has 1 saturated heterocycles. The first-order chi connectivity index (χ1) is 8.20. The molecule has 0 saturated carbocycles. The maximum absolute atomic E-state index is 6.25. The van der Waals surface area contributed by atoms with E-state index in [9.17, 15) is 0 Å². The van der Waals surface area contributed by atoms with Gasteiger partial charge >= 0.3 is 0 Å². The third kappa shape index (κ3) is 3.19. The number of rotatable bonds is 4. The molecule has 17 heavy (non-hydrogen) atoms. The van der Waals surface area contributed by atoms with Gasteiger partial charge in [0.25, 0.3) is 0 Å². The van der Waals surface area contributed by atoms with E-state index in [4.69, 9.17) is 22.1 Å². The van der Waals surface area contributed by atoms with E-state index < -0.39 is 0 Å². The van der Waals surface area contributed by atoms with Crippen LogP contribution in [0.15, 0.2) is 18.2 Å². The summed E-state index contributed by atoms with van der Waals surface area (Å²) in [6.07, 6.45) is 1.11. The summed E-state index contributed by atoms with van der Waals surface area (Å²) in [5.41, 5.74) is 7.81. The summed E-state index contributed by atoms with van der Waals surface area (Å²) in [5.74, 6) is 0. The summed E-state index contributed by atoms with van der Waals surface area (Å²) in [5, 5.41) is 0.804. The van der Waals surface area contributed by atoms with Crippen molar-refractivity contribution in [3.8, 4) is 0 Å². The van der Waals surface area contributed by atoms with Gasteiger partial charge in [-0.2, -0.15) is 0 Å². The van der Waals surface area contributed by atoms with Crippen molar-refractivity contribution < 1.29 is 4.74 Å². The molecule has 1 unspecified atom stereocenters. The van der Waals surface area contributed by atoms with Crippen LogP contribution < -0.4 is 5.73 Å². The number of nitrogens with zero attached hydrogens (tertiary/aromatic N) is 1. The second-order valence-electron chi connectivity index (χ2n) is 4.56. The van der Waals surface area contributed by atoms with Crippen LogP contribution in [0.25, 0.3) is 0 Å². The van der Waals surface area contributed by atoms with Crippen LogP contribution in [-0.2, 0) is 17.8 Å². The van der Waals surface area contributed by atoms with Gasteiger partial charge < -0.3 is 10.5 Å². The molecule has 1 aromatic rings. The second kappa shape index (κ2) is 5.83. The van der Waals surface area contributed by atoms with Crippen LogP contribution in [0.3, 0.4) is 0 Å². The van der Waals surface area contributed by atoms with Crippen molar-refractivity contribution in [1.29, 1.82) is 0 Å². The zero-order valence-electron chi connectivity index (χ0n) is 10.2. The SMILES string of the molecule is CN(Cc1ccc(CN)cc1Cl)C1CCOC1. The number of hydrogen-bond acceptors (Lipinski definition) is 3. The second-order valence-corrected chi connectivity index (χ2v) is 4.97. The Balaban J connectivity index is 2.02. The molecule has 3 nitrogen and oxygen atoms in total. The Morgan fingerprint density at radius 3 is 2.94 bits per heavy atom.